The van der Waals surface area contributed by atoms with Crippen LogP contribution in [0.4, 0.5) is 5.82 Å². The SMILES string of the molecule is CNC(=O)c1c[c]cnc1N. The summed E-state index contributed by atoms with van der Waals surface area (Å²) in [5.74, 6) is -0.0186. The molecule has 1 rings (SSSR count). The molecule has 0 atom stereocenters. The second kappa shape index (κ2) is 3.01. The fourth-order valence-corrected chi connectivity index (χ4v) is 0.687. The quantitative estimate of drug-likeness (QED) is 0.583. The molecule has 0 aliphatic heterocycles. The Hall–Kier alpha value is -1.58. The highest BCUT2D eigenvalue weighted by Crippen LogP contribution is 2.04. The second-order valence-electron chi connectivity index (χ2n) is 1.95. The van der Waals surface area contributed by atoms with E-state index in [0.29, 0.717) is 5.56 Å². The van der Waals surface area contributed by atoms with Crippen LogP contribution in [0.3, 0.4) is 0 Å². The van der Waals surface area contributed by atoms with Crippen LogP contribution in [0.1, 0.15) is 10.4 Å². The van der Waals surface area contributed by atoms with E-state index in [1.54, 1.807) is 0 Å². The number of rotatable bonds is 1. The van der Waals surface area contributed by atoms with Gasteiger partial charge < -0.3 is 11.1 Å². The zero-order valence-corrected chi connectivity index (χ0v) is 6.09. The van der Waals surface area contributed by atoms with Crippen LogP contribution < -0.4 is 11.1 Å². The lowest BCUT2D eigenvalue weighted by Crippen LogP contribution is -2.19. The van der Waals surface area contributed by atoms with Crippen molar-refractivity contribution in [2.24, 2.45) is 0 Å². The van der Waals surface area contributed by atoms with Gasteiger partial charge in [-0.25, -0.2) is 4.98 Å². The number of nitrogens with zero attached hydrogens (tertiary/aromatic N) is 1. The molecule has 1 heterocycles. The van der Waals surface area contributed by atoms with Crippen LogP contribution in [0.2, 0.25) is 0 Å². The Morgan fingerprint density at radius 2 is 2.55 bits per heavy atom. The summed E-state index contributed by atoms with van der Waals surface area (Å²) >= 11 is 0. The number of carbonyl (C=O) groups is 1. The number of hydrogen-bond donors (Lipinski definition) is 2. The molecule has 0 fully saturated rings. The first-order valence-corrected chi connectivity index (χ1v) is 3.09. The average molecular weight is 150 g/mol. The van der Waals surface area contributed by atoms with Crippen LogP contribution in [0.15, 0.2) is 12.3 Å². The monoisotopic (exact) mass is 150 g/mol. The van der Waals surface area contributed by atoms with Gasteiger partial charge in [0, 0.05) is 19.3 Å². The van der Waals surface area contributed by atoms with Crippen LogP contribution in [0, 0.1) is 6.07 Å². The van der Waals surface area contributed by atoms with Crippen LogP contribution >= 0.6 is 0 Å². The van der Waals surface area contributed by atoms with Gasteiger partial charge in [-0.1, -0.05) is 0 Å². The number of hydrogen-bond acceptors (Lipinski definition) is 3. The minimum atomic E-state index is -0.244. The zero-order chi connectivity index (χ0) is 8.27. The largest absolute Gasteiger partial charge is 0.383 e. The van der Waals surface area contributed by atoms with Gasteiger partial charge in [-0.3, -0.25) is 4.79 Å². The Kier molecular flexibility index (Phi) is 2.06. The molecule has 1 radical (unpaired) electrons. The highest BCUT2D eigenvalue weighted by Gasteiger charge is 2.06. The second-order valence-corrected chi connectivity index (χ2v) is 1.95. The molecule has 0 aliphatic carbocycles. The van der Waals surface area contributed by atoms with Gasteiger partial charge in [-0.05, 0) is 6.07 Å². The van der Waals surface area contributed by atoms with Gasteiger partial charge >= 0.3 is 0 Å². The lowest BCUT2D eigenvalue weighted by atomic mass is 10.2. The summed E-state index contributed by atoms with van der Waals surface area (Å²) in [5, 5.41) is 2.44. The number of nitrogen functional groups attached to an aromatic ring is 1. The van der Waals surface area contributed by atoms with E-state index in [4.69, 9.17) is 5.73 Å². The van der Waals surface area contributed by atoms with E-state index in [1.807, 2.05) is 0 Å². The fourth-order valence-electron chi connectivity index (χ4n) is 0.687. The number of nitrogens with one attached hydrogen (secondary N) is 1. The maximum atomic E-state index is 11.0. The Morgan fingerprint density at radius 1 is 1.82 bits per heavy atom. The van der Waals surface area contributed by atoms with Gasteiger partial charge in [0.05, 0.1) is 5.56 Å². The van der Waals surface area contributed by atoms with Crippen LogP contribution in [0.25, 0.3) is 0 Å². The molecule has 57 valence electrons. The van der Waals surface area contributed by atoms with Crippen molar-refractivity contribution in [1.29, 1.82) is 0 Å². The van der Waals surface area contributed by atoms with Crippen LogP contribution in [0.5, 0.6) is 0 Å². The fraction of sp³-hybridized carbons (Fsp3) is 0.143. The van der Waals surface area contributed by atoms with Crippen LogP contribution in [-0.2, 0) is 0 Å². The van der Waals surface area contributed by atoms with Crippen molar-refractivity contribution in [3.8, 4) is 0 Å². The molecule has 1 aromatic rings. The Morgan fingerprint density at radius 3 is 3.09 bits per heavy atom. The predicted octanol–water partition coefficient (Wildman–Crippen LogP) is -0.176. The summed E-state index contributed by atoms with van der Waals surface area (Å²) in [6.45, 7) is 0. The third-order valence-corrected chi connectivity index (χ3v) is 1.25. The molecule has 3 N–H and O–H groups in total. The summed E-state index contributed by atoms with van der Waals surface area (Å²) < 4.78 is 0. The lowest BCUT2D eigenvalue weighted by molar-refractivity contribution is 0.0963. The van der Waals surface area contributed by atoms with Gasteiger partial charge in [0.1, 0.15) is 5.82 Å². The topological polar surface area (TPSA) is 68.0 Å². The molecule has 4 heteroatoms. The van der Waals surface area contributed by atoms with Gasteiger partial charge in [-0.2, -0.15) is 0 Å². The number of pyridine rings is 1. The first-order chi connectivity index (χ1) is 5.25. The molecule has 4 nitrogen and oxygen atoms in total. The summed E-state index contributed by atoms with van der Waals surface area (Å²) in [7, 11) is 1.54. The lowest BCUT2D eigenvalue weighted by Gasteiger charge is -2.00. The highest BCUT2D eigenvalue weighted by molar-refractivity contribution is 5.97. The number of nitrogens with two attached hydrogens (primary N) is 1. The molecule has 0 saturated carbocycles. The van der Waals surface area contributed by atoms with Gasteiger partial charge in [-0.15, -0.1) is 0 Å². The van der Waals surface area contributed by atoms with Crippen molar-refractivity contribution in [1.82, 2.24) is 10.3 Å². The van der Waals surface area contributed by atoms with Gasteiger partial charge in [0.25, 0.3) is 5.91 Å². The number of amides is 1. The highest BCUT2D eigenvalue weighted by atomic mass is 16.1. The van der Waals surface area contributed by atoms with E-state index in [0.717, 1.165) is 0 Å². The van der Waals surface area contributed by atoms with E-state index in [2.05, 4.69) is 16.4 Å². The molecular formula is C7H8N3O. The molecule has 0 bridgehead atoms. The zero-order valence-electron chi connectivity index (χ0n) is 6.09. The summed E-state index contributed by atoms with van der Waals surface area (Å²) in [5.41, 5.74) is 5.76. The Balaban J connectivity index is 3.03. The first-order valence-electron chi connectivity index (χ1n) is 3.09. The summed E-state index contributed by atoms with van der Waals surface area (Å²) in [6, 6.07) is 4.17. The number of carbonyl (C=O) groups excluding carboxylic acids is 1. The average Bonchev–Trinajstić information content (AvgIpc) is 2.04. The summed E-state index contributed by atoms with van der Waals surface area (Å²) in [4.78, 5) is 14.7. The minimum absolute atomic E-state index is 0.225. The Bertz CT molecular complexity index is 272. The molecule has 0 spiro atoms. The first kappa shape index (κ1) is 7.53. The van der Waals surface area contributed by atoms with Crippen molar-refractivity contribution in [3.63, 3.8) is 0 Å². The predicted molar refractivity (Wildman–Crippen MR) is 40.9 cm³/mol. The standard InChI is InChI=1S/C7H8N3O/c1-9-7(11)5-3-2-4-10-6(5)8/h3-4H,1H3,(H2,8,10)(H,9,11). The van der Waals surface area contributed by atoms with E-state index < -0.39 is 0 Å². The maximum absolute atomic E-state index is 11.0. The van der Waals surface area contributed by atoms with Gasteiger partial charge in [0.15, 0.2) is 0 Å². The van der Waals surface area contributed by atoms with Gasteiger partial charge in [0.2, 0.25) is 0 Å². The molecule has 0 aromatic carbocycles. The molecule has 0 aliphatic rings. The van der Waals surface area contributed by atoms with Crippen molar-refractivity contribution in [2.45, 2.75) is 0 Å². The van der Waals surface area contributed by atoms with E-state index in [-0.39, 0.29) is 11.7 Å². The Labute approximate surface area is 64.4 Å². The number of anilines is 1. The normalized spacial score (nSPS) is 9.18. The molecule has 1 aromatic heterocycles. The smallest absolute Gasteiger partial charge is 0.254 e. The van der Waals surface area contributed by atoms with E-state index in [1.165, 1.54) is 19.3 Å². The molecule has 1 amide bonds. The third kappa shape index (κ3) is 1.46. The maximum Gasteiger partial charge on any atom is 0.254 e. The van der Waals surface area contributed by atoms with Crippen molar-refractivity contribution < 1.29 is 4.79 Å². The minimum Gasteiger partial charge on any atom is -0.383 e. The van der Waals surface area contributed by atoms with E-state index in [9.17, 15) is 4.79 Å². The molecule has 11 heavy (non-hydrogen) atoms. The summed E-state index contributed by atoms with van der Waals surface area (Å²) in [6.07, 6.45) is 1.42. The number of aromatic nitrogens is 1. The molecule has 0 saturated heterocycles. The van der Waals surface area contributed by atoms with Crippen molar-refractivity contribution >= 4 is 11.7 Å². The van der Waals surface area contributed by atoms with E-state index >= 15 is 0 Å². The molecular weight excluding hydrogens is 142 g/mol. The molecule has 0 unspecified atom stereocenters. The third-order valence-electron chi connectivity index (χ3n) is 1.25. The van der Waals surface area contributed by atoms with Crippen molar-refractivity contribution in [2.75, 3.05) is 12.8 Å². The van der Waals surface area contributed by atoms with Crippen molar-refractivity contribution in [3.05, 3.63) is 23.9 Å². The van der Waals surface area contributed by atoms with Crippen LogP contribution in [-0.4, -0.2) is 17.9 Å².